The predicted molar refractivity (Wildman–Crippen MR) is 169 cm³/mol. The number of nitrogens with one attached hydrogen (secondary N) is 6. The first-order valence-electron chi connectivity index (χ1n) is 15.5. The Balaban J connectivity index is 3.50. The molecule has 20 nitrogen and oxygen atoms in total. The number of rotatable bonds is 15. The van der Waals surface area contributed by atoms with Crippen molar-refractivity contribution in [2.24, 2.45) is 33.7 Å². The quantitative estimate of drug-likeness (QED) is 0.0440. The minimum absolute atomic E-state index is 0.0257. The number of amides is 7. The van der Waals surface area contributed by atoms with Gasteiger partial charge < -0.3 is 65.7 Å². The molecule has 0 radical (unpaired) electrons. The number of unbranched alkanes of at least 4 members (excludes halogenated alkanes) is 2. The lowest BCUT2D eigenvalue weighted by molar-refractivity contribution is -0.136. The van der Waals surface area contributed by atoms with E-state index in [9.17, 15) is 38.7 Å². The van der Waals surface area contributed by atoms with E-state index in [-0.39, 0.29) is 38.2 Å². The van der Waals surface area contributed by atoms with Gasteiger partial charge in [0.2, 0.25) is 41.4 Å². The molecular formula is C27H50N12O8. The minimum atomic E-state index is -1.53. The molecule has 1 fully saturated rings. The second kappa shape index (κ2) is 22.0. The van der Waals surface area contributed by atoms with Gasteiger partial charge in [0.1, 0.15) is 30.2 Å². The van der Waals surface area contributed by atoms with Crippen LogP contribution in [0.5, 0.6) is 0 Å². The highest BCUT2D eigenvalue weighted by molar-refractivity contribution is 5.98. The number of aliphatic imine (C=N–C) groups is 1. The lowest BCUT2D eigenvalue weighted by Crippen LogP contribution is -2.61. The van der Waals surface area contributed by atoms with E-state index in [1.807, 2.05) is 0 Å². The Morgan fingerprint density at radius 2 is 1.09 bits per heavy atom. The molecule has 0 unspecified atom stereocenters. The molecule has 0 bridgehead atoms. The van der Waals surface area contributed by atoms with E-state index in [2.05, 4.69) is 36.9 Å². The van der Waals surface area contributed by atoms with E-state index in [1.54, 1.807) is 0 Å². The Bertz CT molecular complexity index is 1120. The number of carbonyl (C=O) groups is 7. The zero-order valence-corrected chi connectivity index (χ0v) is 26.4. The van der Waals surface area contributed by atoms with Gasteiger partial charge in [0.15, 0.2) is 5.96 Å². The van der Waals surface area contributed by atoms with Crippen molar-refractivity contribution < 1.29 is 38.7 Å². The molecule has 5 atom stereocenters. The molecule has 7 amide bonds. The molecule has 0 aliphatic carbocycles. The SMILES string of the molecule is NCCCC[C@@H]1NC(=O)[C@H](CO)NC(=O)[C@H](CCCN=C(N)N)NC(=O)[C@H](CCCCN)NC(=O)[C@H](CC(N)=O)NC(=O)CNC1=O. The van der Waals surface area contributed by atoms with Crippen molar-refractivity contribution in [3.05, 3.63) is 0 Å². The third-order valence-electron chi connectivity index (χ3n) is 7.03. The zero-order chi connectivity index (χ0) is 35.4. The maximum atomic E-state index is 13.5. The summed E-state index contributed by atoms with van der Waals surface area (Å²) in [6, 6.07) is -6.78. The molecular weight excluding hydrogens is 620 g/mol. The minimum Gasteiger partial charge on any atom is -0.394 e. The van der Waals surface area contributed by atoms with Crippen molar-refractivity contribution in [1.29, 1.82) is 0 Å². The van der Waals surface area contributed by atoms with Crippen LogP contribution >= 0.6 is 0 Å². The van der Waals surface area contributed by atoms with Crippen LogP contribution in [-0.4, -0.2) is 115 Å². The summed E-state index contributed by atoms with van der Waals surface area (Å²) in [6.07, 6.45) is 1.51. The Hall–Kier alpha value is -4.56. The summed E-state index contributed by atoms with van der Waals surface area (Å²) in [6.45, 7) is -0.801. The number of aliphatic hydroxyl groups is 1. The number of aliphatic hydroxyl groups excluding tert-OH is 1. The molecule has 20 heteroatoms. The summed E-state index contributed by atoms with van der Waals surface area (Å²) in [5.41, 5.74) is 27.2. The average Bonchev–Trinajstić information content (AvgIpc) is 3.01. The molecule has 1 heterocycles. The van der Waals surface area contributed by atoms with E-state index in [0.29, 0.717) is 38.8 Å². The average molecular weight is 671 g/mol. The van der Waals surface area contributed by atoms with Crippen LogP contribution in [-0.2, 0) is 33.6 Å². The van der Waals surface area contributed by atoms with Crippen molar-refractivity contribution in [3.8, 4) is 0 Å². The second-order valence-electron chi connectivity index (χ2n) is 11.0. The van der Waals surface area contributed by atoms with Crippen LogP contribution in [0.15, 0.2) is 4.99 Å². The van der Waals surface area contributed by atoms with Crippen LogP contribution in [0.1, 0.15) is 57.8 Å². The fourth-order valence-corrected chi connectivity index (χ4v) is 4.53. The molecule has 0 saturated carbocycles. The first kappa shape index (κ1) is 40.5. The molecule has 1 aliphatic heterocycles. The largest absolute Gasteiger partial charge is 0.394 e. The predicted octanol–water partition coefficient (Wildman–Crippen LogP) is -6.28. The summed E-state index contributed by atoms with van der Waals surface area (Å²) < 4.78 is 0. The molecule has 47 heavy (non-hydrogen) atoms. The third kappa shape index (κ3) is 16.0. The molecule has 0 aromatic heterocycles. The molecule has 17 N–H and O–H groups in total. The molecule has 266 valence electrons. The lowest BCUT2D eigenvalue weighted by atomic mass is 10.0. The maximum absolute atomic E-state index is 13.5. The van der Waals surface area contributed by atoms with E-state index < -0.39 is 91.1 Å². The molecule has 1 rings (SSSR count). The molecule has 0 aromatic rings. The van der Waals surface area contributed by atoms with Crippen LogP contribution in [0.25, 0.3) is 0 Å². The Morgan fingerprint density at radius 1 is 0.638 bits per heavy atom. The number of nitrogens with zero attached hydrogens (tertiary/aromatic N) is 1. The van der Waals surface area contributed by atoms with E-state index in [1.165, 1.54) is 0 Å². The number of hydrogen-bond donors (Lipinski definition) is 12. The van der Waals surface area contributed by atoms with Crippen molar-refractivity contribution in [2.45, 2.75) is 88.0 Å². The van der Waals surface area contributed by atoms with Gasteiger partial charge in [0.25, 0.3) is 0 Å². The topological polar surface area (TPSA) is 354 Å². The smallest absolute Gasteiger partial charge is 0.245 e. The molecule has 1 saturated heterocycles. The highest BCUT2D eigenvalue weighted by Crippen LogP contribution is 2.07. The Labute approximate surface area is 272 Å². The van der Waals surface area contributed by atoms with Gasteiger partial charge in [-0.05, 0) is 64.5 Å². The molecule has 0 spiro atoms. The summed E-state index contributed by atoms with van der Waals surface area (Å²) >= 11 is 0. The summed E-state index contributed by atoms with van der Waals surface area (Å²) in [5, 5.41) is 24.5. The van der Waals surface area contributed by atoms with Gasteiger partial charge in [0.05, 0.1) is 19.6 Å². The fourth-order valence-electron chi connectivity index (χ4n) is 4.53. The number of guanidine groups is 1. The summed E-state index contributed by atoms with van der Waals surface area (Å²) in [4.78, 5) is 94.6. The van der Waals surface area contributed by atoms with Gasteiger partial charge in [-0.25, -0.2) is 0 Å². The van der Waals surface area contributed by atoms with Gasteiger partial charge >= 0.3 is 0 Å². The molecule has 1 aliphatic rings. The Morgan fingerprint density at radius 3 is 1.55 bits per heavy atom. The first-order valence-corrected chi connectivity index (χ1v) is 15.5. The van der Waals surface area contributed by atoms with Crippen LogP contribution < -0.4 is 60.6 Å². The van der Waals surface area contributed by atoms with Crippen LogP contribution in [0.4, 0.5) is 0 Å². The van der Waals surface area contributed by atoms with Crippen molar-refractivity contribution in [1.82, 2.24) is 31.9 Å². The van der Waals surface area contributed by atoms with Crippen molar-refractivity contribution in [3.63, 3.8) is 0 Å². The standard InChI is InChI=1S/C27H50N12O8/c28-9-3-1-6-15-22(43)34-13-21(42)35-18(12-20(30)41)25(46)38-16(7-2-4-10-29)23(44)37-17(8-5-11-33-27(31)32)24(45)39-19(14-40)26(47)36-15/h15-19,40H,1-14,28-29H2,(H2,30,41)(H,34,43)(H,35,42)(H,36,47)(H,37,44)(H,38,46)(H,39,45)(H4,31,32,33)/t15-,16-,17-,18-,19-/m0/s1. The van der Waals surface area contributed by atoms with E-state index in [0.717, 1.165) is 0 Å². The van der Waals surface area contributed by atoms with Gasteiger partial charge in [-0.2, -0.15) is 0 Å². The number of carbonyl (C=O) groups excluding carboxylic acids is 7. The number of hydrogen-bond acceptors (Lipinski definition) is 11. The number of nitrogens with two attached hydrogens (primary N) is 5. The van der Waals surface area contributed by atoms with Crippen LogP contribution in [0.3, 0.4) is 0 Å². The van der Waals surface area contributed by atoms with Gasteiger partial charge in [-0.1, -0.05) is 0 Å². The maximum Gasteiger partial charge on any atom is 0.245 e. The summed E-state index contributed by atoms with van der Waals surface area (Å²) in [5.74, 6) is -6.22. The third-order valence-corrected chi connectivity index (χ3v) is 7.03. The van der Waals surface area contributed by atoms with Gasteiger partial charge in [-0.15, -0.1) is 0 Å². The van der Waals surface area contributed by atoms with Gasteiger partial charge in [0, 0.05) is 6.54 Å². The van der Waals surface area contributed by atoms with Crippen molar-refractivity contribution >= 4 is 47.3 Å². The van der Waals surface area contributed by atoms with Crippen molar-refractivity contribution in [2.75, 3.05) is 32.8 Å². The van der Waals surface area contributed by atoms with E-state index in [4.69, 9.17) is 28.7 Å². The second-order valence-corrected chi connectivity index (χ2v) is 11.0. The highest BCUT2D eigenvalue weighted by Gasteiger charge is 2.33. The highest BCUT2D eigenvalue weighted by atomic mass is 16.3. The lowest BCUT2D eigenvalue weighted by Gasteiger charge is -2.27. The normalized spacial score (nSPS) is 23.5. The monoisotopic (exact) mass is 670 g/mol. The fraction of sp³-hybridized carbons (Fsp3) is 0.704. The zero-order valence-electron chi connectivity index (χ0n) is 26.4. The van der Waals surface area contributed by atoms with E-state index >= 15 is 0 Å². The Kier molecular flexibility index (Phi) is 19.0. The van der Waals surface area contributed by atoms with Gasteiger partial charge in [-0.3, -0.25) is 38.6 Å². The molecule has 0 aromatic carbocycles. The van der Waals surface area contributed by atoms with Crippen LogP contribution in [0.2, 0.25) is 0 Å². The first-order chi connectivity index (χ1) is 22.3. The summed E-state index contributed by atoms with van der Waals surface area (Å²) in [7, 11) is 0. The van der Waals surface area contributed by atoms with Crippen LogP contribution in [0, 0.1) is 0 Å². The number of primary amides is 1.